The SMILES string of the molecule is C/C=C\CC(O)CN1C(=O)C(CCC2CCCCC2)(CC(CC)CCCCC)N=C1N. The first-order valence-corrected chi connectivity index (χ1v) is 12.9. The van der Waals surface area contributed by atoms with Crippen LogP contribution in [0.3, 0.4) is 0 Å². The largest absolute Gasteiger partial charge is 0.391 e. The second-order valence-corrected chi connectivity index (χ2v) is 9.89. The number of nitrogens with zero attached hydrogens (tertiary/aromatic N) is 2. The lowest BCUT2D eigenvalue weighted by molar-refractivity contribution is -0.133. The zero-order valence-electron chi connectivity index (χ0n) is 20.3. The van der Waals surface area contributed by atoms with Crippen molar-refractivity contribution in [3.05, 3.63) is 12.2 Å². The Morgan fingerprint density at radius 2 is 2.00 bits per heavy atom. The zero-order chi connectivity index (χ0) is 22.7. The Morgan fingerprint density at radius 1 is 1.26 bits per heavy atom. The molecule has 5 heteroatoms. The number of rotatable bonds is 14. The molecule has 1 saturated carbocycles. The second kappa shape index (κ2) is 13.2. The topological polar surface area (TPSA) is 78.9 Å². The minimum absolute atomic E-state index is 0.0225. The van der Waals surface area contributed by atoms with E-state index >= 15 is 0 Å². The highest BCUT2D eigenvalue weighted by Crippen LogP contribution is 2.39. The van der Waals surface area contributed by atoms with Crippen LogP contribution in [0.4, 0.5) is 0 Å². The van der Waals surface area contributed by atoms with E-state index in [2.05, 4.69) is 13.8 Å². The molecule has 1 aliphatic heterocycles. The first kappa shape index (κ1) is 25.9. The molecule has 1 fully saturated rings. The number of amides is 1. The summed E-state index contributed by atoms with van der Waals surface area (Å²) in [5.74, 6) is 1.53. The third kappa shape index (κ3) is 7.62. The number of unbranched alkanes of at least 4 members (excludes halogenated alkanes) is 2. The molecule has 1 amide bonds. The molecule has 3 unspecified atom stereocenters. The van der Waals surface area contributed by atoms with Gasteiger partial charge < -0.3 is 10.8 Å². The maximum absolute atomic E-state index is 13.7. The van der Waals surface area contributed by atoms with Gasteiger partial charge in [0.15, 0.2) is 5.96 Å². The number of hydrogen-bond donors (Lipinski definition) is 2. The molecule has 0 aromatic heterocycles. The summed E-state index contributed by atoms with van der Waals surface area (Å²) >= 11 is 0. The normalized spacial score (nSPS) is 24.7. The summed E-state index contributed by atoms with van der Waals surface area (Å²) in [5, 5.41) is 10.4. The van der Waals surface area contributed by atoms with Crippen molar-refractivity contribution in [2.75, 3.05) is 6.54 Å². The number of hydrogen-bond acceptors (Lipinski definition) is 4. The molecule has 0 spiro atoms. The van der Waals surface area contributed by atoms with Crippen LogP contribution >= 0.6 is 0 Å². The molecule has 0 radical (unpaired) electrons. The molecular formula is C26H47N3O2. The molecule has 178 valence electrons. The van der Waals surface area contributed by atoms with E-state index in [9.17, 15) is 9.90 Å². The molecule has 0 aromatic rings. The number of allylic oxidation sites excluding steroid dienone is 1. The van der Waals surface area contributed by atoms with Gasteiger partial charge in [0, 0.05) is 0 Å². The fourth-order valence-corrected chi connectivity index (χ4v) is 5.37. The zero-order valence-corrected chi connectivity index (χ0v) is 20.3. The van der Waals surface area contributed by atoms with Gasteiger partial charge in [-0.2, -0.15) is 0 Å². The number of carbonyl (C=O) groups is 1. The fourth-order valence-electron chi connectivity index (χ4n) is 5.37. The van der Waals surface area contributed by atoms with Crippen molar-refractivity contribution in [2.45, 2.75) is 122 Å². The first-order valence-electron chi connectivity index (χ1n) is 12.9. The molecule has 0 bridgehead atoms. The van der Waals surface area contributed by atoms with Crippen LogP contribution in [-0.2, 0) is 4.79 Å². The summed E-state index contributed by atoms with van der Waals surface area (Å²) < 4.78 is 0. The molecule has 0 saturated heterocycles. The van der Waals surface area contributed by atoms with Crippen LogP contribution in [-0.4, -0.2) is 40.1 Å². The first-order chi connectivity index (χ1) is 15.0. The van der Waals surface area contributed by atoms with Gasteiger partial charge in [0.05, 0.1) is 12.6 Å². The number of guanidine groups is 1. The molecule has 31 heavy (non-hydrogen) atoms. The van der Waals surface area contributed by atoms with Crippen LogP contribution in [0.2, 0.25) is 0 Å². The highest BCUT2D eigenvalue weighted by molar-refractivity contribution is 6.06. The van der Waals surface area contributed by atoms with Gasteiger partial charge in [-0.1, -0.05) is 90.2 Å². The van der Waals surface area contributed by atoms with Gasteiger partial charge in [0.25, 0.3) is 5.91 Å². The van der Waals surface area contributed by atoms with Crippen molar-refractivity contribution in [3.8, 4) is 0 Å². The van der Waals surface area contributed by atoms with Gasteiger partial charge >= 0.3 is 0 Å². The van der Waals surface area contributed by atoms with Crippen molar-refractivity contribution >= 4 is 11.9 Å². The van der Waals surface area contributed by atoms with Gasteiger partial charge in [-0.15, -0.1) is 0 Å². The third-order valence-corrected chi connectivity index (χ3v) is 7.40. The van der Waals surface area contributed by atoms with Crippen LogP contribution in [0.1, 0.15) is 111 Å². The van der Waals surface area contributed by atoms with Gasteiger partial charge in [0.2, 0.25) is 0 Å². The monoisotopic (exact) mass is 433 g/mol. The molecule has 2 rings (SSSR count). The molecule has 5 nitrogen and oxygen atoms in total. The van der Waals surface area contributed by atoms with Crippen molar-refractivity contribution in [1.82, 2.24) is 4.90 Å². The maximum Gasteiger partial charge on any atom is 0.257 e. The number of nitrogens with two attached hydrogens (primary N) is 1. The minimum atomic E-state index is -0.727. The molecule has 0 aromatic carbocycles. The summed E-state index contributed by atoms with van der Waals surface area (Å²) in [7, 11) is 0. The van der Waals surface area contributed by atoms with Crippen molar-refractivity contribution in [2.24, 2.45) is 22.6 Å². The van der Waals surface area contributed by atoms with Crippen LogP contribution in [0, 0.1) is 11.8 Å². The van der Waals surface area contributed by atoms with Crippen molar-refractivity contribution < 1.29 is 9.90 Å². The maximum atomic E-state index is 13.7. The molecule has 3 atom stereocenters. The van der Waals surface area contributed by atoms with Gasteiger partial charge in [-0.25, -0.2) is 4.99 Å². The minimum Gasteiger partial charge on any atom is -0.391 e. The smallest absolute Gasteiger partial charge is 0.257 e. The quantitative estimate of drug-likeness (QED) is 0.278. The van der Waals surface area contributed by atoms with E-state index in [-0.39, 0.29) is 12.5 Å². The average molecular weight is 434 g/mol. The lowest BCUT2D eigenvalue weighted by Crippen LogP contribution is -2.48. The highest BCUT2D eigenvalue weighted by atomic mass is 16.3. The van der Waals surface area contributed by atoms with Crippen molar-refractivity contribution in [1.29, 1.82) is 0 Å². The lowest BCUT2D eigenvalue weighted by Gasteiger charge is -2.32. The Hall–Kier alpha value is -1.36. The average Bonchev–Trinajstić information content (AvgIpc) is 3.00. The highest BCUT2D eigenvalue weighted by Gasteiger charge is 2.48. The molecular weight excluding hydrogens is 386 g/mol. The Morgan fingerprint density at radius 3 is 2.65 bits per heavy atom. The van der Waals surface area contributed by atoms with Crippen LogP contribution in [0.15, 0.2) is 17.1 Å². The summed E-state index contributed by atoms with van der Waals surface area (Å²) in [5.41, 5.74) is 5.57. The van der Waals surface area contributed by atoms with Gasteiger partial charge in [0.1, 0.15) is 5.54 Å². The van der Waals surface area contributed by atoms with E-state index in [1.165, 1.54) is 51.4 Å². The van der Waals surface area contributed by atoms with Crippen molar-refractivity contribution in [3.63, 3.8) is 0 Å². The predicted molar refractivity (Wildman–Crippen MR) is 130 cm³/mol. The van der Waals surface area contributed by atoms with E-state index in [4.69, 9.17) is 10.7 Å². The summed E-state index contributed by atoms with van der Waals surface area (Å²) in [6.45, 7) is 6.63. The predicted octanol–water partition coefficient (Wildman–Crippen LogP) is 5.57. The Bertz CT molecular complexity index is 597. The Labute approximate surface area is 190 Å². The fraction of sp³-hybridized carbons (Fsp3) is 0.846. The van der Waals surface area contributed by atoms with E-state index in [1.54, 1.807) is 4.90 Å². The molecule has 2 aliphatic rings. The van der Waals surface area contributed by atoms with E-state index in [0.29, 0.717) is 24.2 Å². The van der Waals surface area contributed by atoms with Crippen LogP contribution in [0.5, 0.6) is 0 Å². The Balaban J connectivity index is 2.14. The van der Waals surface area contributed by atoms with Gasteiger partial charge in [-0.3, -0.25) is 9.69 Å². The number of aliphatic imine (C=N–C) groups is 1. The van der Waals surface area contributed by atoms with Gasteiger partial charge in [-0.05, 0) is 44.4 Å². The molecule has 1 aliphatic carbocycles. The lowest BCUT2D eigenvalue weighted by atomic mass is 9.77. The number of β-amino-alcohol motifs (C(OH)–C–C–N with tert-alkyl or cyclic N) is 1. The van der Waals surface area contributed by atoms with E-state index in [0.717, 1.165) is 32.1 Å². The Kier molecular flexibility index (Phi) is 11.1. The molecule has 3 N–H and O–H groups in total. The summed E-state index contributed by atoms with van der Waals surface area (Å²) in [6.07, 6.45) is 18.8. The summed E-state index contributed by atoms with van der Waals surface area (Å²) in [4.78, 5) is 20.1. The van der Waals surface area contributed by atoms with Crippen LogP contribution in [0.25, 0.3) is 0 Å². The molecule has 1 heterocycles. The van der Waals surface area contributed by atoms with E-state index < -0.39 is 11.6 Å². The number of aliphatic hydroxyl groups excluding tert-OH is 1. The number of aliphatic hydroxyl groups is 1. The number of carbonyl (C=O) groups excluding carboxylic acids is 1. The van der Waals surface area contributed by atoms with E-state index in [1.807, 2.05) is 19.1 Å². The summed E-state index contributed by atoms with van der Waals surface area (Å²) in [6, 6.07) is 0. The second-order valence-electron chi connectivity index (χ2n) is 9.89. The van der Waals surface area contributed by atoms with Crippen LogP contribution < -0.4 is 5.73 Å². The standard InChI is InChI=1S/C26H47N3O2/c1-4-7-10-13-21(6-3)19-26(18-17-22-14-11-9-12-15-22)24(31)29(25(27)28-26)20-23(30)16-8-5-2/h5,8,21-23,30H,4,6-7,9-20H2,1-3H3,(H2,27,28)/b8-5-. The third-order valence-electron chi connectivity index (χ3n) is 7.40.